The molecule has 0 atom stereocenters. The zero-order valence-corrected chi connectivity index (χ0v) is 9.80. The first-order valence-electron chi connectivity index (χ1n) is 5.20. The summed E-state index contributed by atoms with van der Waals surface area (Å²) < 4.78 is 3.79. The molecule has 86 valence electrons. The topological polar surface area (TPSA) is 60.6 Å². The van der Waals surface area contributed by atoms with Crippen LogP contribution in [0.15, 0.2) is 12.4 Å². The molecule has 0 aliphatic rings. The maximum absolute atomic E-state index is 4.29. The molecule has 0 amide bonds. The van der Waals surface area contributed by atoms with Gasteiger partial charge in [-0.25, -0.2) is 0 Å². The van der Waals surface area contributed by atoms with Gasteiger partial charge < -0.3 is 9.88 Å². The summed E-state index contributed by atoms with van der Waals surface area (Å²) in [4.78, 5) is 0. The minimum Gasteiger partial charge on any atom is -0.320 e. The fraction of sp³-hybridized carbons (Fsp3) is 0.500. The average Bonchev–Trinajstić information content (AvgIpc) is 2.75. The quantitative estimate of drug-likeness (QED) is 0.796. The van der Waals surface area contributed by atoms with Crippen LogP contribution in [0.1, 0.15) is 17.2 Å². The predicted octanol–water partition coefficient (Wildman–Crippen LogP) is 0.147. The van der Waals surface area contributed by atoms with E-state index in [-0.39, 0.29) is 0 Å². The van der Waals surface area contributed by atoms with Crippen LogP contribution in [0.2, 0.25) is 0 Å². The molecule has 0 saturated carbocycles. The van der Waals surface area contributed by atoms with E-state index in [4.69, 9.17) is 0 Å². The number of aryl methyl sites for hydroxylation is 3. The third-order valence-corrected chi connectivity index (χ3v) is 2.49. The van der Waals surface area contributed by atoms with Crippen molar-refractivity contribution in [1.29, 1.82) is 0 Å². The van der Waals surface area contributed by atoms with Crippen LogP contribution >= 0.6 is 0 Å². The van der Waals surface area contributed by atoms with Gasteiger partial charge in [-0.3, -0.25) is 4.68 Å². The van der Waals surface area contributed by atoms with Gasteiger partial charge in [0.25, 0.3) is 0 Å². The Morgan fingerprint density at radius 2 is 2.12 bits per heavy atom. The molecular weight excluding hydrogens is 204 g/mol. The van der Waals surface area contributed by atoms with E-state index in [1.54, 1.807) is 6.33 Å². The molecule has 2 aromatic heterocycles. The Morgan fingerprint density at radius 3 is 2.69 bits per heavy atom. The highest BCUT2D eigenvalue weighted by atomic mass is 15.3. The van der Waals surface area contributed by atoms with E-state index in [2.05, 4.69) is 26.7 Å². The van der Waals surface area contributed by atoms with Crippen LogP contribution in [-0.2, 0) is 27.2 Å². The lowest BCUT2D eigenvalue weighted by atomic mass is 10.3. The lowest BCUT2D eigenvalue weighted by Gasteiger charge is -2.04. The van der Waals surface area contributed by atoms with E-state index >= 15 is 0 Å². The second-order valence-corrected chi connectivity index (χ2v) is 3.86. The van der Waals surface area contributed by atoms with E-state index in [1.165, 1.54) is 5.69 Å². The molecule has 0 unspecified atom stereocenters. The molecule has 1 N–H and O–H groups in total. The molecule has 0 radical (unpaired) electrons. The van der Waals surface area contributed by atoms with E-state index in [0.717, 1.165) is 18.1 Å². The van der Waals surface area contributed by atoms with Gasteiger partial charge in [0, 0.05) is 20.6 Å². The Bertz CT molecular complexity index is 469. The highest BCUT2D eigenvalue weighted by Crippen LogP contribution is 2.01. The second kappa shape index (κ2) is 4.44. The van der Waals surface area contributed by atoms with Gasteiger partial charge >= 0.3 is 0 Å². The summed E-state index contributed by atoms with van der Waals surface area (Å²) in [7, 11) is 3.89. The molecule has 0 spiro atoms. The van der Waals surface area contributed by atoms with Crippen LogP contribution in [-0.4, -0.2) is 24.5 Å². The highest BCUT2D eigenvalue weighted by Gasteiger charge is 2.03. The van der Waals surface area contributed by atoms with Crippen molar-refractivity contribution in [2.75, 3.05) is 0 Å². The molecule has 0 saturated heterocycles. The molecular formula is C10H16N6. The fourth-order valence-electron chi connectivity index (χ4n) is 1.60. The van der Waals surface area contributed by atoms with Crippen molar-refractivity contribution >= 4 is 0 Å². The lowest BCUT2D eigenvalue weighted by molar-refractivity contribution is 0.597. The Balaban J connectivity index is 1.89. The first kappa shape index (κ1) is 10.8. The lowest BCUT2D eigenvalue weighted by Crippen LogP contribution is -2.17. The van der Waals surface area contributed by atoms with Crippen molar-refractivity contribution in [3.63, 3.8) is 0 Å². The fourth-order valence-corrected chi connectivity index (χ4v) is 1.60. The first-order valence-corrected chi connectivity index (χ1v) is 5.20. The van der Waals surface area contributed by atoms with Crippen LogP contribution < -0.4 is 5.32 Å². The third kappa shape index (κ3) is 2.27. The van der Waals surface area contributed by atoms with Gasteiger partial charge in [-0.15, -0.1) is 10.2 Å². The maximum Gasteiger partial charge on any atom is 0.146 e. The van der Waals surface area contributed by atoms with Gasteiger partial charge in [-0.1, -0.05) is 0 Å². The minimum atomic E-state index is 0.709. The van der Waals surface area contributed by atoms with Crippen molar-refractivity contribution < 1.29 is 0 Å². The van der Waals surface area contributed by atoms with Crippen molar-refractivity contribution in [1.82, 2.24) is 29.9 Å². The summed E-state index contributed by atoms with van der Waals surface area (Å²) in [6.07, 6.45) is 1.70. The van der Waals surface area contributed by atoms with Gasteiger partial charge in [-0.05, 0) is 13.0 Å². The van der Waals surface area contributed by atoms with E-state index < -0.39 is 0 Å². The van der Waals surface area contributed by atoms with Gasteiger partial charge in [-0.2, -0.15) is 5.10 Å². The molecule has 6 heteroatoms. The van der Waals surface area contributed by atoms with Crippen LogP contribution in [0, 0.1) is 6.92 Å². The van der Waals surface area contributed by atoms with E-state index in [9.17, 15) is 0 Å². The van der Waals surface area contributed by atoms with Crippen molar-refractivity contribution in [2.45, 2.75) is 20.0 Å². The largest absolute Gasteiger partial charge is 0.320 e. The Hall–Kier alpha value is -1.69. The number of hydrogen-bond acceptors (Lipinski definition) is 4. The number of aromatic nitrogens is 5. The van der Waals surface area contributed by atoms with Crippen molar-refractivity contribution in [2.24, 2.45) is 14.1 Å². The van der Waals surface area contributed by atoms with Gasteiger partial charge in [0.1, 0.15) is 12.2 Å². The molecule has 6 nitrogen and oxygen atoms in total. The number of hydrogen-bond donors (Lipinski definition) is 1. The van der Waals surface area contributed by atoms with Gasteiger partial charge in [0.05, 0.1) is 17.9 Å². The molecule has 2 aromatic rings. The summed E-state index contributed by atoms with van der Waals surface area (Å²) in [6.45, 7) is 3.48. The summed E-state index contributed by atoms with van der Waals surface area (Å²) in [5, 5.41) is 15.4. The summed E-state index contributed by atoms with van der Waals surface area (Å²) in [5.74, 6) is 0.930. The molecule has 2 rings (SSSR count). The molecule has 16 heavy (non-hydrogen) atoms. The monoisotopic (exact) mass is 220 g/mol. The van der Waals surface area contributed by atoms with Gasteiger partial charge in [0.15, 0.2) is 0 Å². The molecule has 2 heterocycles. The number of nitrogens with zero attached hydrogens (tertiary/aromatic N) is 5. The summed E-state index contributed by atoms with van der Waals surface area (Å²) >= 11 is 0. The normalized spacial score (nSPS) is 10.9. The molecule has 0 bridgehead atoms. The Labute approximate surface area is 94.3 Å². The predicted molar refractivity (Wildman–Crippen MR) is 59.5 cm³/mol. The van der Waals surface area contributed by atoms with Crippen LogP contribution in [0.4, 0.5) is 0 Å². The smallest absolute Gasteiger partial charge is 0.146 e. The number of nitrogens with one attached hydrogen (secondary N) is 1. The van der Waals surface area contributed by atoms with Crippen LogP contribution in [0.3, 0.4) is 0 Å². The SMILES string of the molecule is Cc1cc(CNCc2nncn2C)n(C)n1. The second-order valence-electron chi connectivity index (χ2n) is 3.86. The van der Waals surface area contributed by atoms with E-state index in [1.807, 2.05) is 30.3 Å². The minimum absolute atomic E-state index is 0.709. The zero-order chi connectivity index (χ0) is 11.5. The van der Waals surface area contributed by atoms with E-state index in [0.29, 0.717) is 6.54 Å². The zero-order valence-electron chi connectivity index (χ0n) is 9.80. The highest BCUT2D eigenvalue weighted by molar-refractivity contribution is 5.08. The van der Waals surface area contributed by atoms with Gasteiger partial charge in [0.2, 0.25) is 0 Å². The summed E-state index contributed by atoms with van der Waals surface area (Å²) in [5.41, 5.74) is 2.21. The molecule has 0 aliphatic heterocycles. The van der Waals surface area contributed by atoms with Crippen LogP contribution in [0.25, 0.3) is 0 Å². The summed E-state index contributed by atoms with van der Waals surface area (Å²) in [6, 6.07) is 2.07. The average molecular weight is 220 g/mol. The molecule has 0 fully saturated rings. The molecule has 0 aliphatic carbocycles. The van der Waals surface area contributed by atoms with Crippen molar-refractivity contribution in [3.05, 3.63) is 29.6 Å². The Morgan fingerprint density at radius 1 is 1.31 bits per heavy atom. The maximum atomic E-state index is 4.29. The van der Waals surface area contributed by atoms with Crippen molar-refractivity contribution in [3.8, 4) is 0 Å². The third-order valence-electron chi connectivity index (χ3n) is 2.49. The first-order chi connectivity index (χ1) is 7.66. The Kier molecular flexibility index (Phi) is 3.00. The van der Waals surface area contributed by atoms with Crippen LogP contribution in [0.5, 0.6) is 0 Å². The molecule has 0 aromatic carbocycles. The standard InChI is InChI=1S/C10H16N6/c1-8-4-9(16(3)14-8)5-11-6-10-13-12-7-15(10)2/h4,7,11H,5-6H2,1-3H3. The number of rotatable bonds is 4.